The second kappa shape index (κ2) is 5.94. The summed E-state index contributed by atoms with van der Waals surface area (Å²) in [5.41, 5.74) is 0.115. The molecular weight excluding hydrogens is 310 g/mol. The van der Waals surface area contributed by atoms with E-state index < -0.39 is 17.8 Å². The monoisotopic (exact) mass is 327 g/mol. The molecule has 0 aliphatic carbocycles. The number of piperidine rings is 1. The summed E-state index contributed by atoms with van der Waals surface area (Å²) in [5, 5.41) is 0.332. The molecule has 0 amide bonds. The van der Waals surface area contributed by atoms with E-state index in [4.69, 9.17) is 0 Å². The molecule has 2 heterocycles. The fourth-order valence-electron chi connectivity index (χ4n) is 3.13. The SMILES string of the molecule is CCC1CCCCN1c1nc(C(F)(F)F)nc2ccc(F)cc12. The van der Waals surface area contributed by atoms with Gasteiger partial charge in [-0.25, -0.2) is 14.4 Å². The Hall–Kier alpha value is -1.92. The Morgan fingerprint density at radius 3 is 2.70 bits per heavy atom. The van der Waals surface area contributed by atoms with E-state index in [0.29, 0.717) is 11.9 Å². The third-order valence-corrected chi connectivity index (χ3v) is 4.26. The Morgan fingerprint density at radius 1 is 1.22 bits per heavy atom. The van der Waals surface area contributed by atoms with Crippen LogP contribution in [0.25, 0.3) is 10.9 Å². The zero-order chi connectivity index (χ0) is 16.6. The van der Waals surface area contributed by atoms with E-state index in [1.165, 1.54) is 12.1 Å². The maximum atomic E-state index is 13.6. The van der Waals surface area contributed by atoms with Crippen LogP contribution in [-0.2, 0) is 6.18 Å². The number of hydrogen-bond donors (Lipinski definition) is 0. The summed E-state index contributed by atoms with van der Waals surface area (Å²) in [6.07, 6.45) is -0.993. The molecule has 1 aliphatic rings. The predicted molar refractivity (Wildman–Crippen MR) is 79.8 cm³/mol. The van der Waals surface area contributed by atoms with Gasteiger partial charge in [-0.1, -0.05) is 6.92 Å². The first-order valence-electron chi connectivity index (χ1n) is 7.71. The summed E-state index contributed by atoms with van der Waals surface area (Å²) in [7, 11) is 0. The van der Waals surface area contributed by atoms with Crippen molar-refractivity contribution in [2.45, 2.75) is 44.8 Å². The standard InChI is InChI=1S/C16H17F4N3/c1-2-11-5-3-4-8-23(11)14-12-9-10(17)6-7-13(12)21-15(22-14)16(18,19)20/h6-7,9,11H,2-5,8H2,1H3. The van der Waals surface area contributed by atoms with Crippen LogP contribution in [0.3, 0.4) is 0 Å². The smallest absolute Gasteiger partial charge is 0.353 e. The molecule has 1 fully saturated rings. The minimum Gasteiger partial charge on any atom is -0.353 e. The van der Waals surface area contributed by atoms with Gasteiger partial charge in [-0.05, 0) is 43.9 Å². The third kappa shape index (κ3) is 3.09. The number of benzene rings is 1. The second-order valence-corrected chi connectivity index (χ2v) is 5.78. The maximum Gasteiger partial charge on any atom is 0.451 e. The van der Waals surface area contributed by atoms with Gasteiger partial charge in [0.25, 0.3) is 0 Å². The highest BCUT2D eigenvalue weighted by Crippen LogP contribution is 2.34. The van der Waals surface area contributed by atoms with Gasteiger partial charge in [-0.15, -0.1) is 0 Å². The Labute approximate surface area is 131 Å². The van der Waals surface area contributed by atoms with Crippen molar-refractivity contribution in [3.8, 4) is 0 Å². The van der Waals surface area contributed by atoms with E-state index in [-0.39, 0.29) is 17.4 Å². The molecule has 3 rings (SSSR count). The lowest BCUT2D eigenvalue weighted by atomic mass is 9.99. The van der Waals surface area contributed by atoms with Gasteiger partial charge in [0.2, 0.25) is 5.82 Å². The van der Waals surface area contributed by atoms with E-state index in [0.717, 1.165) is 31.7 Å². The van der Waals surface area contributed by atoms with Crippen LogP contribution in [0.4, 0.5) is 23.4 Å². The fourth-order valence-corrected chi connectivity index (χ4v) is 3.13. The van der Waals surface area contributed by atoms with E-state index in [1.807, 2.05) is 11.8 Å². The molecule has 1 aromatic carbocycles. The predicted octanol–water partition coefficient (Wildman–Crippen LogP) is 4.56. The van der Waals surface area contributed by atoms with Crippen molar-refractivity contribution in [3.63, 3.8) is 0 Å². The Balaban J connectivity index is 2.21. The molecular formula is C16H17F4N3. The number of anilines is 1. The van der Waals surface area contributed by atoms with Gasteiger partial charge in [0.05, 0.1) is 5.52 Å². The van der Waals surface area contributed by atoms with Crippen molar-refractivity contribution in [1.29, 1.82) is 0 Å². The van der Waals surface area contributed by atoms with Gasteiger partial charge in [0.15, 0.2) is 0 Å². The highest BCUT2D eigenvalue weighted by molar-refractivity contribution is 5.89. The lowest BCUT2D eigenvalue weighted by Gasteiger charge is -2.37. The Kier molecular flexibility index (Phi) is 4.12. The molecule has 23 heavy (non-hydrogen) atoms. The number of alkyl halides is 3. The molecule has 3 nitrogen and oxygen atoms in total. The molecule has 1 atom stereocenters. The molecule has 1 saturated heterocycles. The van der Waals surface area contributed by atoms with Crippen LogP contribution in [0.2, 0.25) is 0 Å². The molecule has 1 unspecified atom stereocenters. The summed E-state index contributed by atoms with van der Waals surface area (Å²) in [4.78, 5) is 9.20. The first kappa shape index (κ1) is 16.0. The minimum atomic E-state index is -4.63. The maximum absolute atomic E-state index is 13.6. The topological polar surface area (TPSA) is 29.0 Å². The molecule has 0 spiro atoms. The summed E-state index contributed by atoms with van der Waals surface area (Å²) < 4.78 is 52.9. The normalized spacial score (nSPS) is 19.3. The highest BCUT2D eigenvalue weighted by atomic mass is 19.4. The molecule has 0 bridgehead atoms. The van der Waals surface area contributed by atoms with E-state index in [2.05, 4.69) is 9.97 Å². The van der Waals surface area contributed by atoms with Crippen LogP contribution in [0.15, 0.2) is 18.2 Å². The van der Waals surface area contributed by atoms with Crippen LogP contribution in [0.5, 0.6) is 0 Å². The molecule has 7 heteroatoms. The summed E-state index contributed by atoms with van der Waals surface area (Å²) in [6.45, 7) is 2.62. The van der Waals surface area contributed by atoms with E-state index in [1.54, 1.807) is 0 Å². The van der Waals surface area contributed by atoms with E-state index in [9.17, 15) is 17.6 Å². The first-order chi connectivity index (χ1) is 10.9. The Morgan fingerprint density at radius 2 is 2.00 bits per heavy atom. The van der Waals surface area contributed by atoms with E-state index >= 15 is 0 Å². The minimum absolute atomic E-state index is 0.115. The lowest BCUT2D eigenvalue weighted by Crippen LogP contribution is -2.40. The van der Waals surface area contributed by atoms with Gasteiger partial charge < -0.3 is 4.90 Å². The average molecular weight is 327 g/mol. The zero-order valence-electron chi connectivity index (χ0n) is 12.7. The van der Waals surface area contributed by atoms with Crippen LogP contribution >= 0.6 is 0 Å². The first-order valence-corrected chi connectivity index (χ1v) is 7.71. The Bertz CT molecular complexity index is 714. The van der Waals surface area contributed by atoms with Gasteiger partial charge in [-0.3, -0.25) is 0 Å². The number of fused-ring (bicyclic) bond motifs is 1. The van der Waals surface area contributed by atoms with Gasteiger partial charge in [0.1, 0.15) is 11.6 Å². The largest absolute Gasteiger partial charge is 0.451 e. The van der Waals surface area contributed by atoms with Crippen LogP contribution in [0.1, 0.15) is 38.4 Å². The zero-order valence-corrected chi connectivity index (χ0v) is 12.7. The number of halogens is 4. The molecule has 0 saturated carbocycles. The van der Waals surface area contributed by atoms with Crippen molar-refractivity contribution in [2.75, 3.05) is 11.4 Å². The second-order valence-electron chi connectivity index (χ2n) is 5.78. The van der Waals surface area contributed by atoms with Crippen molar-refractivity contribution >= 4 is 16.7 Å². The van der Waals surface area contributed by atoms with Crippen LogP contribution in [-0.4, -0.2) is 22.6 Å². The van der Waals surface area contributed by atoms with Gasteiger partial charge in [0, 0.05) is 18.0 Å². The van der Waals surface area contributed by atoms with Crippen LogP contribution in [0, 0.1) is 5.82 Å². The highest BCUT2D eigenvalue weighted by Gasteiger charge is 2.36. The molecule has 0 N–H and O–H groups in total. The number of hydrogen-bond acceptors (Lipinski definition) is 3. The lowest BCUT2D eigenvalue weighted by molar-refractivity contribution is -0.144. The molecule has 0 radical (unpaired) electrons. The van der Waals surface area contributed by atoms with Gasteiger partial charge in [-0.2, -0.15) is 13.2 Å². The summed E-state index contributed by atoms with van der Waals surface area (Å²) in [5.74, 6) is -1.49. The fraction of sp³-hybridized carbons (Fsp3) is 0.500. The molecule has 1 aliphatic heterocycles. The number of nitrogens with zero attached hydrogens (tertiary/aromatic N) is 3. The van der Waals surface area contributed by atoms with Crippen molar-refractivity contribution in [1.82, 2.24) is 9.97 Å². The number of rotatable bonds is 2. The quantitative estimate of drug-likeness (QED) is 0.757. The molecule has 2 aromatic rings. The number of aromatic nitrogens is 2. The summed E-state index contributed by atoms with van der Waals surface area (Å²) in [6, 6.07) is 3.72. The molecule has 124 valence electrons. The van der Waals surface area contributed by atoms with Crippen LogP contribution < -0.4 is 4.90 Å². The third-order valence-electron chi connectivity index (χ3n) is 4.26. The average Bonchev–Trinajstić information content (AvgIpc) is 2.53. The van der Waals surface area contributed by atoms with Crippen molar-refractivity contribution in [2.24, 2.45) is 0 Å². The van der Waals surface area contributed by atoms with Crippen molar-refractivity contribution < 1.29 is 17.6 Å². The molecule has 1 aromatic heterocycles. The summed E-state index contributed by atoms with van der Waals surface area (Å²) >= 11 is 0. The van der Waals surface area contributed by atoms with Gasteiger partial charge >= 0.3 is 6.18 Å². The van der Waals surface area contributed by atoms with Crippen molar-refractivity contribution in [3.05, 3.63) is 29.8 Å².